The van der Waals surface area contributed by atoms with Crippen LogP contribution < -0.4 is 10.2 Å². The monoisotopic (exact) mass is 523 g/mol. The third kappa shape index (κ3) is 8.02. The fraction of sp³-hybridized carbons (Fsp3) is 0.421. The first-order valence-electron chi connectivity index (χ1n) is 9.02. The molecule has 0 saturated heterocycles. The summed E-state index contributed by atoms with van der Waals surface area (Å²) in [6.45, 7) is 4.87. The lowest BCUT2D eigenvalue weighted by molar-refractivity contribution is -0.137. The van der Waals surface area contributed by atoms with Gasteiger partial charge in [0.05, 0.1) is 24.3 Å². The van der Waals surface area contributed by atoms with Crippen LogP contribution >= 0.6 is 27.3 Å². The van der Waals surface area contributed by atoms with Crippen LogP contribution in [0.15, 0.2) is 34.4 Å². The summed E-state index contributed by atoms with van der Waals surface area (Å²) in [5.41, 5.74) is -1.09. The molecule has 0 aliphatic heterocycles. The molecule has 0 bridgehead atoms. The van der Waals surface area contributed by atoms with Crippen LogP contribution in [-0.4, -0.2) is 40.5 Å². The molecule has 2 aromatic rings. The van der Waals surface area contributed by atoms with Crippen LogP contribution in [0.5, 0.6) is 0 Å². The van der Waals surface area contributed by atoms with Gasteiger partial charge in [-0.15, -0.1) is 0 Å². The molecule has 7 nitrogen and oxygen atoms in total. The number of benzene rings is 1. The Morgan fingerprint density at radius 1 is 1.26 bits per heavy atom. The first-order chi connectivity index (χ1) is 14.2. The predicted octanol–water partition coefficient (Wildman–Crippen LogP) is 5.54. The Balaban J connectivity index is 2.24. The lowest BCUT2D eigenvalue weighted by atomic mass is 10.0. The maximum Gasteiger partial charge on any atom is 0.416 e. The number of anilines is 1. The van der Waals surface area contributed by atoms with Crippen molar-refractivity contribution >= 4 is 44.5 Å². The minimum absolute atomic E-state index is 0.0845. The van der Waals surface area contributed by atoms with Gasteiger partial charge in [0.15, 0.2) is 3.92 Å². The molecule has 2 rings (SSSR count). The lowest BCUT2D eigenvalue weighted by Crippen LogP contribution is -2.48. The van der Waals surface area contributed by atoms with Crippen molar-refractivity contribution < 1.29 is 32.6 Å². The Labute approximate surface area is 189 Å². The predicted molar refractivity (Wildman–Crippen MR) is 113 cm³/mol. The van der Waals surface area contributed by atoms with E-state index >= 15 is 0 Å². The molecule has 2 amide bonds. The summed E-state index contributed by atoms with van der Waals surface area (Å²) in [6, 6.07) is 3.69. The number of amides is 2. The highest BCUT2D eigenvalue weighted by atomic mass is 79.9. The van der Waals surface area contributed by atoms with Gasteiger partial charge in [-0.3, -0.25) is 4.90 Å². The Bertz CT molecular complexity index is 913. The van der Waals surface area contributed by atoms with E-state index in [1.165, 1.54) is 18.3 Å². The molecule has 1 aromatic heterocycles. The van der Waals surface area contributed by atoms with Crippen LogP contribution in [0.25, 0.3) is 0 Å². The molecular weight excluding hydrogens is 503 g/mol. The molecule has 0 fully saturated rings. The van der Waals surface area contributed by atoms with Gasteiger partial charge in [0, 0.05) is 0 Å². The molecule has 0 radical (unpaired) electrons. The molecule has 0 saturated carbocycles. The molecule has 2 N–H and O–H groups in total. The zero-order chi connectivity index (χ0) is 23.4. The molecule has 0 aliphatic rings. The molecular formula is C19H21BrF3N3O4S. The van der Waals surface area contributed by atoms with E-state index in [2.05, 4.69) is 26.2 Å². The maximum atomic E-state index is 12.8. The number of nitrogens with one attached hydrogen (secondary N) is 1. The molecule has 0 aliphatic carbocycles. The van der Waals surface area contributed by atoms with Crippen LogP contribution in [-0.2, 0) is 17.3 Å². The molecule has 1 aromatic carbocycles. The second-order valence-corrected chi connectivity index (χ2v) is 9.87. The highest BCUT2D eigenvalue weighted by molar-refractivity contribution is 9.11. The Morgan fingerprint density at radius 2 is 1.87 bits per heavy atom. The fourth-order valence-corrected chi connectivity index (χ4v) is 3.85. The Kier molecular flexibility index (Phi) is 7.93. The van der Waals surface area contributed by atoms with E-state index in [1.807, 2.05) is 0 Å². The van der Waals surface area contributed by atoms with Crippen molar-refractivity contribution in [2.24, 2.45) is 0 Å². The summed E-state index contributed by atoms with van der Waals surface area (Å²) in [7, 11) is 0. The molecule has 12 heteroatoms. The van der Waals surface area contributed by atoms with Crippen molar-refractivity contribution in [1.29, 1.82) is 0 Å². The largest absolute Gasteiger partial charge is 0.465 e. The van der Waals surface area contributed by atoms with Gasteiger partial charge in [-0.1, -0.05) is 23.5 Å². The number of carboxylic acid groups (broad SMARTS) is 1. The van der Waals surface area contributed by atoms with Crippen LogP contribution in [0.2, 0.25) is 0 Å². The summed E-state index contributed by atoms with van der Waals surface area (Å²) < 4.78 is 44.1. The molecule has 1 heterocycles. The number of thiazole rings is 1. The summed E-state index contributed by atoms with van der Waals surface area (Å²) in [4.78, 5) is 29.0. The molecule has 0 spiro atoms. The van der Waals surface area contributed by atoms with Gasteiger partial charge in [-0.25, -0.2) is 14.6 Å². The van der Waals surface area contributed by atoms with Crippen molar-refractivity contribution in [2.45, 2.75) is 45.0 Å². The second kappa shape index (κ2) is 9.86. The van der Waals surface area contributed by atoms with Crippen molar-refractivity contribution in [3.63, 3.8) is 0 Å². The zero-order valence-corrected chi connectivity index (χ0v) is 19.3. The van der Waals surface area contributed by atoms with Gasteiger partial charge in [0.25, 0.3) is 0 Å². The minimum atomic E-state index is -4.47. The van der Waals surface area contributed by atoms with E-state index < -0.39 is 35.6 Å². The van der Waals surface area contributed by atoms with Gasteiger partial charge >= 0.3 is 18.4 Å². The van der Waals surface area contributed by atoms with E-state index in [0.717, 1.165) is 28.4 Å². The Hall–Kier alpha value is -2.34. The zero-order valence-electron chi connectivity index (χ0n) is 16.9. The SMILES string of the molecule is CC(C)(C)OC(=O)N[C@@H](Cc1ccc(C(F)(F)F)cc1)CN(C(=O)O)c1cnc(Br)s1. The van der Waals surface area contributed by atoms with Crippen LogP contribution in [0, 0.1) is 0 Å². The standard InChI is InChI=1S/C19H21BrF3N3O4S/c1-18(2,3)30-16(27)25-13(8-11-4-6-12(7-5-11)19(21,22)23)10-26(17(28)29)14-9-24-15(20)31-14/h4-7,9,13H,8,10H2,1-3H3,(H,25,27)(H,28,29)/t13-/m0/s1. The molecule has 31 heavy (non-hydrogen) atoms. The van der Waals surface area contributed by atoms with Crippen molar-refractivity contribution in [1.82, 2.24) is 10.3 Å². The van der Waals surface area contributed by atoms with Gasteiger partial charge in [-0.05, 0) is 60.8 Å². The van der Waals surface area contributed by atoms with Crippen LogP contribution in [0.4, 0.5) is 27.8 Å². The summed E-state index contributed by atoms with van der Waals surface area (Å²) >= 11 is 4.26. The highest BCUT2D eigenvalue weighted by Gasteiger charge is 2.30. The third-order valence-corrected chi connectivity index (χ3v) is 5.35. The number of alkyl carbamates (subject to hydrolysis) is 1. The van der Waals surface area contributed by atoms with Crippen LogP contribution in [0.1, 0.15) is 31.9 Å². The topological polar surface area (TPSA) is 91.8 Å². The minimum Gasteiger partial charge on any atom is -0.465 e. The lowest BCUT2D eigenvalue weighted by Gasteiger charge is -2.27. The van der Waals surface area contributed by atoms with Crippen LogP contribution in [0.3, 0.4) is 0 Å². The number of aromatic nitrogens is 1. The summed E-state index contributed by atoms with van der Waals surface area (Å²) in [5.74, 6) is 0. The average Bonchev–Trinajstić information content (AvgIpc) is 3.03. The molecule has 0 unspecified atom stereocenters. The maximum absolute atomic E-state index is 12.8. The fourth-order valence-electron chi connectivity index (χ4n) is 2.60. The number of carbonyl (C=O) groups excluding carboxylic acids is 1. The van der Waals surface area contributed by atoms with Gasteiger partial charge < -0.3 is 15.2 Å². The van der Waals surface area contributed by atoms with E-state index in [4.69, 9.17) is 4.74 Å². The first kappa shape index (κ1) is 24.9. The van der Waals surface area contributed by atoms with Gasteiger partial charge in [0.1, 0.15) is 10.6 Å². The normalized spacial score (nSPS) is 12.9. The number of nitrogens with zero attached hydrogens (tertiary/aromatic N) is 2. The molecule has 170 valence electrons. The van der Waals surface area contributed by atoms with Gasteiger partial charge in [-0.2, -0.15) is 13.2 Å². The van der Waals surface area contributed by atoms with E-state index in [0.29, 0.717) is 14.5 Å². The quantitative estimate of drug-likeness (QED) is 0.518. The number of hydrogen-bond acceptors (Lipinski definition) is 5. The average molecular weight is 524 g/mol. The van der Waals surface area contributed by atoms with E-state index in [1.54, 1.807) is 20.8 Å². The highest BCUT2D eigenvalue weighted by Crippen LogP contribution is 2.30. The summed E-state index contributed by atoms with van der Waals surface area (Å²) in [6.07, 6.45) is -5.04. The number of ether oxygens (including phenoxy) is 1. The number of alkyl halides is 3. The molecule has 1 atom stereocenters. The summed E-state index contributed by atoms with van der Waals surface area (Å²) in [5, 5.41) is 12.6. The van der Waals surface area contributed by atoms with Crippen molar-refractivity contribution in [3.05, 3.63) is 45.5 Å². The number of hydrogen-bond donors (Lipinski definition) is 2. The smallest absolute Gasteiger partial charge is 0.416 e. The first-order valence-corrected chi connectivity index (χ1v) is 10.6. The number of rotatable bonds is 6. The Morgan fingerprint density at radius 3 is 2.32 bits per heavy atom. The second-order valence-electron chi connectivity index (χ2n) is 7.59. The third-order valence-electron chi connectivity index (χ3n) is 3.85. The number of carbonyl (C=O) groups is 2. The number of halogens is 4. The van der Waals surface area contributed by atoms with Gasteiger partial charge in [0.2, 0.25) is 0 Å². The van der Waals surface area contributed by atoms with E-state index in [9.17, 15) is 27.9 Å². The van der Waals surface area contributed by atoms with E-state index in [-0.39, 0.29) is 13.0 Å². The van der Waals surface area contributed by atoms with Crippen molar-refractivity contribution in [3.8, 4) is 0 Å². The van der Waals surface area contributed by atoms with Crippen molar-refractivity contribution in [2.75, 3.05) is 11.4 Å².